The molecule has 32 heavy (non-hydrogen) atoms. The summed E-state index contributed by atoms with van der Waals surface area (Å²) in [6.45, 7) is 6.76. The van der Waals surface area contributed by atoms with E-state index in [1.165, 1.54) is 25.8 Å². The van der Waals surface area contributed by atoms with Crippen molar-refractivity contribution in [1.29, 1.82) is 0 Å². The fraction of sp³-hybridized carbons (Fsp3) is 1.00. The lowest BCUT2D eigenvalue weighted by Gasteiger charge is -2.42. The second-order valence-corrected chi connectivity index (χ2v) is 12.4. The molecule has 0 amide bonds. The minimum absolute atomic E-state index is 0.142. The molecular weight excluding hydrogens is 432 g/mol. The maximum atomic E-state index is 12.9. The Morgan fingerprint density at radius 3 is 2.31 bits per heavy atom. The number of nitrogens with two attached hydrogens (primary N) is 1. The van der Waals surface area contributed by atoms with Gasteiger partial charge in [-0.25, -0.2) is 13.1 Å². The Bertz CT molecular complexity index is 688. The summed E-state index contributed by atoms with van der Waals surface area (Å²) in [5.41, 5.74) is 0. The molecule has 0 aromatic carbocycles. The standard InChI is InChI=1S/C22H42N4O5S/c1-16-5-7-17(8-6-16)32(29,30)24-14-18-21(22(28)19(15-27)31-18)26-12-10-25(11-13-26)20-4-2-3-9-23-20/h16-24,27-28H,2-15H2,1H3/p+1/t16?,17?,18-,19-,20?,21-,22+/m0/s1. The molecule has 0 radical (unpaired) electrons. The van der Waals surface area contributed by atoms with Crippen molar-refractivity contribution in [1.82, 2.24) is 14.5 Å². The number of nitrogens with zero attached hydrogens (tertiary/aromatic N) is 2. The van der Waals surface area contributed by atoms with Crippen LogP contribution < -0.4 is 10.0 Å². The zero-order chi connectivity index (χ0) is 22.7. The molecule has 1 unspecified atom stereocenters. The predicted octanol–water partition coefficient (Wildman–Crippen LogP) is -1.34. The summed E-state index contributed by atoms with van der Waals surface area (Å²) < 4.78 is 34.5. The number of hydrogen-bond acceptors (Lipinski definition) is 7. The molecule has 0 spiro atoms. The summed E-state index contributed by atoms with van der Waals surface area (Å²) in [5, 5.41) is 22.7. The van der Waals surface area contributed by atoms with E-state index in [2.05, 4.69) is 26.8 Å². The molecule has 0 bridgehead atoms. The number of ether oxygens (including phenoxy) is 1. The van der Waals surface area contributed by atoms with E-state index in [4.69, 9.17) is 4.74 Å². The molecule has 1 saturated carbocycles. The normalized spacial score (nSPS) is 40.5. The molecule has 9 nitrogen and oxygen atoms in total. The summed E-state index contributed by atoms with van der Waals surface area (Å²) >= 11 is 0. The number of nitrogens with one attached hydrogen (secondary N) is 1. The number of piperidine rings is 1. The van der Waals surface area contributed by atoms with E-state index in [-0.39, 0.29) is 24.4 Å². The molecular formula is C22H43N4O5S+. The maximum absolute atomic E-state index is 12.9. The van der Waals surface area contributed by atoms with Gasteiger partial charge in [-0.2, -0.15) is 0 Å². The first-order valence-electron chi connectivity index (χ1n) is 12.6. The highest BCUT2D eigenvalue weighted by Crippen LogP contribution is 2.29. The average Bonchev–Trinajstić information content (AvgIpc) is 3.14. The smallest absolute Gasteiger partial charge is 0.214 e. The van der Waals surface area contributed by atoms with Crippen LogP contribution in [0.2, 0.25) is 0 Å². The minimum atomic E-state index is -3.42. The Morgan fingerprint density at radius 2 is 1.69 bits per heavy atom. The monoisotopic (exact) mass is 475 g/mol. The number of sulfonamides is 1. The largest absolute Gasteiger partial charge is 0.394 e. The molecule has 5 atom stereocenters. The molecule has 0 aromatic heterocycles. The fourth-order valence-corrected chi connectivity index (χ4v) is 7.60. The topological polar surface area (TPSA) is 119 Å². The van der Waals surface area contributed by atoms with Gasteiger partial charge < -0.3 is 20.3 Å². The Balaban J connectivity index is 1.35. The van der Waals surface area contributed by atoms with E-state index in [1.807, 2.05) is 0 Å². The van der Waals surface area contributed by atoms with Gasteiger partial charge in [0.05, 0.1) is 30.5 Å². The Kier molecular flexibility index (Phi) is 8.48. The lowest BCUT2D eigenvalue weighted by atomic mass is 9.91. The number of aliphatic hydroxyl groups is 2. The molecule has 4 rings (SSSR count). The van der Waals surface area contributed by atoms with E-state index in [1.54, 1.807) is 0 Å². The van der Waals surface area contributed by atoms with Crippen molar-refractivity contribution in [2.24, 2.45) is 5.92 Å². The number of aliphatic hydroxyl groups excluding tert-OH is 2. The summed E-state index contributed by atoms with van der Waals surface area (Å²) in [5.74, 6) is 0.592. The predicted molar refractivity (Wildman–Crippen MR) is 121 cm³/mol. The van der Waals surface area contributed by atoms with Crippen LogP contribution in [0, 0.1) is 5.92 Å². The molecule has 3 heterocycles. The molecule has 4 aliphatic rings. The van der Waals surface area contributed by atoms with Crippen LogP contribution in [0.4, 0.5) is 0 Å². The second-order valence-electron chi connectivity index (χ2n) is 10.3. The molecule has 1 aliphatic carbocycles. The third kappa shape index (κ3) is 5.66. The van der Waals surface area contributed by atoms with E-state index >= 15 is 0 Å². The lowest BCUT2D eigenvalue weighted by molar-refractivity contribution is -0.717. The highest BCUT2D eigenvalue weighted by Gasteiger charge is 2.47. The molecule has 3 saturated heterocycles. The highest BCUT2D eigenvalue weighted by atomic mass is 32.2. The quantitative estimate of drug-likeness (QED) is 0.360. The Labute approximate surface area is 192 Å². The van der Waals surface area contributed by atoms with Crippen LogP contribution in [-0.4, -0.2) is 110 Å². The van der Waals surface area contributed by atoms with Gasteiger partial charge in [-0.1, -0.05) is 6.92 Å². The van der Waals surface area contributed by atoms with Gasteiger partial charge in [0, 0.05) is 39.1 Å². The van der Waals surface area contributed by atoms with Crippen LogP contribution in [0.15, 0.2) is 0 Å². The first kappa shape index (κ1) is 24.8. The van der Waals surface area contributed by atoms with Crippen LogP contribution in [0.3, 0.4) is 0 Å². The molecule has 4 fully saturated rings. The van der Waals surface area contributed by atoms with E-state index < -0.39 is 28.3 Å². The SMILES string of the molecule is CC1CCC(S(=O)(=O)NC[C@@H]2O[C@@H](CO)[C@@H](O)[C@H]2N2CCN(C3CCCC[NH2+]3)CC2)CC1. The van der Waals surface area contributed by atoms with Gasteiger partial charge in [-0.3, -0.25) is 9.80 Å². The van der Waals surface area contributed by atoms with Crippen molar-refractivity contribution < 1.29 is 28.7 Å². The third-order valence-corrected chi connectivity index (χ3v) is 10.1. The van der Waals surface area contributed by atoms with E-state index in [0.717, 1.165) is 39.0 Å². The van der Waals surface area contributed by atoms with Gasteiger partial charge in [0.1, 0.15) is 18.4 Å². The molecule has 186 valence electrons. The van der Waals surface area contributed by atoms with Crippen molar-refractivity contribution in [2.45, 2.75) is 87.6 Å². The van der Waals surface area contributed by atoms with Gasteiger partial charge >= 0.3 is 0 Å². The molecule has 5 N–H and O–H groups in total. The van der Waals surface area contributed by atoms with Crippen molar-refractivity contribution in [3.8, 4) is 0 Å². The van der Waals surface area contributed by atoms with E-state index in [0.29, 0.717) is 24.9 Å². The van der Waals surface area contributed by atoms with Crippen LogP contribution in [0.5, 0.6) is 0 Å². The van der Waals surface area contributed by atoms with Gasteiger partial charge in [0.15, 0.2) is 0 Å². The van der Waals surface area contributed by atoms with Crippen molar-refractivity contribution in [3.05, 3.63) is 0 Å². The van der Waals surface area contributed by atoms with Crippen LogP contribution in [-0.2, 0) is 14.8 Å². The average molecular weight is 476 g/mol. The Hall–Kier alpha value is -0.330. The number of piperazine rings is 1. The van der Waals surface area contributed by atoms with E-state index in [9.17, 15) is 18.6 Å². The molecule has 3 aliphatic heterocycles. The number of hydrogen-bond donors (Lipinski definition) is 4. The van der Waals surface area contributed by atoms with Gasteiger partial charge in [-0.15, -0.1) is 0 Å². The number of quaternary nitrogens is 1. The number of rotatable bonds is 7. The highest BCUT2D eigenvalue weighted by molar-refractivity contribution is 7.90. The van der Waals surface area contributed by atoms with Crippen molar-refractivity contribution in [2.75, 3.05) is 45.9 Å². The maximum Gasteiger partial charge on any atom is 0.214 e. The van der Waals surface area contributed by atoms with Crippen LogP contribution in [0.25, 0.3) is 0 Å². The first-order chi connectivity index (χ1) is 15.4. The minimum Gasteiger partial charge on any atom is -0.394 e. The lowest BCUT2D eigenvalue weighted by Crippen LogP contribution is -2.95. The summed E-state index contributed by atoms with van der Waals surface area (Å²) in [6, 6.07) is -0.307. The first-order valence-corrected chi connectivity index (χ1v) is 14.2. The molecule has 10 heteroatoms. The summed E-state index contributed by atoms with van der Waals surface area (Å²) in [4.78, 5) is 4.77. The second kappa shape index (κ2) is 10.9. The van der Waals surface area contributed by atoms with Gasteiger partial charge in [-0.05, 0) is 44.4 Å². The van der Waals surface area contributed by atoms with Crippen molar-refractivity contribution >= 4 is 10.0 Å². The molecule has 0 aromatic rings. The van der Waals surface area contributed by atoms with Crippen LogP contribution >= 0.6 is 0 Å². The van der Waals surface area contributed by atoms with Crippen molar-refractivity contribution in [3.63, 3.8) is 0 Å². The van der Waals surface area contributed by atoms with Gasteiger partial charge in [0.25, 0.3) is 0 Å². The zero-order valence-corrected chi connectivity index (χ0v) is 20.3. The Morgan fingerprint density at radius 1 is 1.00 bits per heavy atom. The fourth-order valence-electron chi connectivity index (χ4n) is 6.08. The zero-order valence-electron chi connectivity index (χ0n) is 19.4. The summed E-state index contributed by atoms with van der Waals surface area (Å²) in [7, 11) is -3.42. The summed E-state index contributed by atoms with van der Waals surface area (Å²) in [6.07, 6.45) is 5.71. The van der Waals surface area contributed by atoms with Crippen LogP contribution in [0.1, 0.15) is 51.9 Å². The van der Waals surface area contributed by atoms with Gasteiger partial charge in [0.2, 0.25) is 10.0 Å². The third-order valence-electron chi connectivity index (χ3n) is 8.16.